The van der Waals surface area contributed by atoms with Gasteiger partial charge in [0.1, 0.15) is 5.82 Å². The lowest BCUT2D eigenvalue weighted by atomic mass is 10.1. The standard InChI is InChI=1S/C23H23ClN4O/c24-19-4-1-3-16(13-19)6-11-23(29)28-12-2-5-21(28)20-9-7-17(14-26-20)18-8-10-22(25)27-15-18/h1,3-4,7-10,13-15,21H,2,5-6,11-12H2,(H2,25,27). The van der Waals surface area contributed by atoms with Crippen LogP contribution < -0.4 is 5.73 Å². The molecule has 1 saturated heterocycles. The van der Waals surface area contributed by atoms with Crippen molar-refractivity contribution in [1.82, 2.24) is 14.9 Å². The lowest BCUT2D eigenvalue weighted by Crippen LogP contribution is -2.31. The highest BCUT2D eigenvalue weighted by Gasteiger charge is 2.30. The van der Waals surface area contributed by atoms with Crippen molar-refractivity contribution in [3.63, 3.8) is 0 Å². The molecule has 2 aromatic heterocycles. The maximum atomic E-state index is 12.9. The van der Waals surface area contributed by atoms with Gasteiger partial charge in [-0.15, -0.1) is 0 Å². The number of nitrogen functional groups attached to an aromatic ring is 1. The molecule has 1 aliphatic rings. The summed E-state index contributed by atoms with van der Waals surface area (Å²) in [6.45, 7) is 0.782. The molecule has 6 heteroatoms. The number of rotatable bonds is 5. The van der Waals surface area contributed by atoms with Gasteiger partial charge in [0.25, 0.3) is 0 Å². The minimum atomic E-state index is 0.0421. The van der Waals surface area contributed by atoms with E-state index in [0.29, 0.717) is 23.7 Å². The minimum absolute atomic E-state index is 0.0421. The van der Waals surface area contributed by atoms with Crippen molar-refractivity contribution in [1.29, 1.82) is 0 Å². The summed E-state index contributed by atoms with van der Waals surface area (Å²) in [4.78, 5) is 23.6. The van der Waals surface area contributed by atoms with Gasteiger partial charge in [0.05, 0.1) is 11.7 Å². The maximum Gasteiger partial charge on any atom is 0.223 e. The van der Waals surface area contributed by atoms with E-state index >= 15 is 0 Å². The number of aryl methyl sites for hydroxylation is 1. The predicted molar refractivity (Wildman–Crippen MR) is 115 cm³/mol. The molecule has 1 unspecified atom stereocenters. The summed E-state index contributed by atoms with van der Waals surface area (Å²) in [7, 11) is 0. The molecule has 5 nitrogen and oxygen atoms in total. The van der Waals surface area contributed by atoms with Crippen LogP contribution in [0, 0.1) is 0 Å². The van der Waals surface area contributed by atoms with Gasteiger partial charge in [-0.3, -0.25) is 9.78 Å². The summed E-state index contributed by atoms with van der Waals surface area (Å²) in [5.74, 6) is 0.664. The van der Waals surface area contributed by atoms with Gasteiger partial charge >= 0.3 is 0 Å². The highest BCUT2D eigenvalue weighted by atomic mass is 35.5. The Kier molecular flexibility index (Phi) is 5.76. The molecule has 1 amide bonds. The third kappa shape index (κ3) is 4.57. The van der Waals surface area contributed by atoms with Crippen LogP contribution in [0.4, 0.5) is 5.82 Å². The van der Waals surface area contributed by atoms with Crippen molar-refractivity contribution < 1.29 is 4.79 Å². The molecule has 0 spiro atoms. The van der Waals surface area contributed by atoms with E-state index in [0.717, 1.165) is 41.8 Å². The second-order valence-electron chi connectivity index (χ2n) is 7.32. The Morgan fingerprint density at radius 3 is 2.59 bits per heavy atom. The molecule has 148 valence electrons. The van der Waals surface area contributed by atoms with Crippen molar-refractivity contribution in [2.24, 2.45) is 0 Å². The van der Waals surface area contributed by atoms with Gasteiger partial charge in [-0.1, -0.05) is 29.8 Å². The first-order valence-electron chi connectivity index (χ1n) is 9.82. The molecule has 29 heavy (non-hydrogen) atoms. The van der Waals surface area contributed by atoms with Crippen LogP contribution in [-0.2, 0) is 11.2 Å². The second-order valence-corrected chi connectivity index (χ2v) is 7.75. The molecule has 1 aliphatic heterocycles. The molecule has 0 saturated carbocycles. The summed E-state index contributed by atoms with van der Waals surface area (Å²) in [5, 5.41) is 0.703. The number of nitrogens with two attached hydrogens (primary N) is 1. The van der Waals surface area contributed by atoms with Crippen LogP contribution in [0.2, 0.25) is 5.02 Å². The zero-order valence-corrected chi connectivity index (χ0v) is 16.8. The van der Waals surface area contributed by atoms with Gasteiger partial charge in [0.2, 0.25) is 5.91 Å². The summed E-state index contributed by atoms with van der Waals surface area (Å²) >= 11 is 6.04. The first kappa shape index (κ1) is 19.4. The fraction of sp³-hybridized carbons (Fsp3) is 0.261. The second kappa shape index (κ2) is 8.62. The first-order valence-corrected chi connectivity index (χ1v) is 10.2. The Balaban J connectivity index is 1.43. The summed E-state index contributed by atoms with van der Waals surface area (Å²) in [6, 6.07) is 15.5. The summed E-state index contributed by atoms with van der Waals surface area (Å²) in [5.41, 5.74) is 9.63. The van der Waals surface area contributed by atoms with Crippen LogP contribution in [0.25, 0.3) is 11.1 Å². The van der Waals surface area contributed by atoms with Crippen molar-refractivity contribution in [3.05, 3.63) is 77.2 Å². The van der Waals surface area contributed by atoms with E-state index < -0.39 is 0 Å². The Morgan fingerprint density at radius 2 is 1.90 bits per heavy atom. The number of carbonyl (C=O) groups excluding carboxylic acids is 1. The van der Waals surface area contributed by atoms with Gasteiger partial charge in [0.15, 0.2) is 0 Å². The van der Waals surface area contributed by atoms with Gasteiger partial charge in [-0.25, -0.2) is 4.98 Å². The number of likely N-dealkylation sites (tertiary alicyclic amines) is 1. The van der Waals surface area contributed by atoms with Crippen LogP contribution in [-0.4, -0.2) is 27.3 Å². The molecule has 2 N–H and O–H groups in total. The number of benzene rings is 1. The Morgan fingerprint density at radius 1 is 1.10 bits per heavy atom. The summed E-state index contributed by atoms with van der Waals surface area (Å²) < 4.78 is 0. The number of hydrogen-bond donors (Lipinski definition) is 1. The van der Waals surface area contributed by atoms with Crippen molar-refractivity contribution in [3.8, 4) is 11.1 Å². The molecule has 0 radical (unpaired) electrons. The molecular weight excluding hydrogens is 384 g/mol. The fourth-order valence-electron chi connectivity index (χ4n) is 3.81. The van der Waals surface area contributed by atoms with Gasteiger partial charge < -0.3 is 10.6 Å². The third-order valence-corrected chi connectivity index (χ3v) is 5.57. The Hall–Kier alpha value is -2.92. The van der Waals surface area contributed by atoms with Gasteiger partial charge in [-0.05, 0) is 55.2 Å². The third-order valence-electron chi connectivity index (χ3n) is 5.34. The Bertz CT molecular complexity index is 989. The van der Waals surface area contributed by atoms with Crippen molar-refractivity contribution in [2.45, 2.75) is 31.7 Å². The van der Waals surface area contributed by atoms with Crippen molar-refractivity contribution in [2.75, 3.05) is 12.3 Å². The molecule has 3 heterocycles. The molecule has 0 bridgehead atoms. The van der Waals surface area contributed by atoms with E-state index in [1.807, 2.05) is 53.6 Å². The van der Waals surface area contributed by atoms with Crippen LogP contribution in [0.3, 0.4) is 0 Å². The number of carbonyl (C=O) groups is 1. The molecule has 3 aromatic rings. The monoisotopic (exact) mass is 406 g/mol. The first-order chi connectivity index (χ1) is 14.1. The number of amides is 1. The zero-order valence-electron chi connectivity index (χ0n) is 16.1. The fourth-order valence-corrected chi connectivity index (χ4v) is 4.02. The van der Waals surface area contributed by atoms with E-state index in [9.17, 15) is 4.79 Å². The Labute approximate surface area is 175 Å². The quantitative estimate of drug-likeness (QED) is 0.667. The highest BCUT2D eigenvalue weighted by molar-refractivity contribution is 6.30. The number of aromatic nitrogens is 2. The van der Waals surface area contributed by atoms with Crippen LogP contribution in [0.5, 0.6) is 0 Å². The van der Waals surface area contributed by atoms with Crippen LogP contribution in [0.15, 0.2) is 60.9 Å². The van der Waals surface area contributed by atoms with Crippen LogP contribution >= 0.6 is 11.6 Å². The number of nitrogens with zero attached hydrogens (tertiary/aromatic N) is 3. The number of anilines is 1. The normalized spacial score (nSPS) is 16.2. The largest absolute Gasteiger partial charge is 0.384 e. The molecule has 4 rings (SSSR count). The topological polar surface area (TPSA) is 72.1 Å². The van der Waals surface area contributed by atoms with E-state index in [4.69, 9.17) is 17.3 Å². The average molecular weight is 407 g/mol. The average Bonchev–Trinajstić information content (AvgIpc) is 3.23. The minimum Gasteiger partial charge on any atom is -0.384 e. The number of hydrogen-bond acceptors (Lipinski definition) is 4. The van der Waals surface area contributed by atoms with Gasteiger partial charge in [0, 0.05) is 41.5 Å². The highest BCUT2D eigenvalue weighted by Crippen LogP contribution is 2.32. The summed E-state index contributed by atoms with van der Waals surface area (Å²) in [6.07, 6.45) is 6.70. The van der Waals surface area contributed by atoms with E-state index in [-0.39, 0.29) is 11.9 Å². The van der Waals surface area contributed by atoms with E-state index in [2.05, 4.69) is 9.97 Å². The number of pyridine rings is 2. The SMILES string of the molecule is Nc1ccc(-c2ccc(C3CCCN3C(=O)CCc3cccc(Cl)c3)nc2)cn1. The van der Waals surface area contributed by atoms with Crippen molar-refractivity contribution >= 4 is 23.3 Å². The number of halogens is 1. The molecule has 0 aliphatic carbocycles. The van der Waals surface area contributed by atoms with Crippen LogP contribution in [0.1, 0.15) is 36.6 Å². The molecule has 1 aromatic carbocycles. The maximum absolute atomic E-state index is 12.9. The lowest BCUT2D eigenvalue weighted by molar-refractivity contribution is -0.132. The van der Waals surface area contributed by atoms with Gasteiger partial charge in [-0.2, -0.15) is 0 Å². The lowest BCUT2D eigenvalue weighted by Gasteiger charge is -2.24. The van der Waals surface area contributed by atoms with E-state index in [1.54, 1.807) is 12.3 Å². The molecule has 1 fully saturated rings. The molecular formula is C23H23ClN4O. The molecule has 1 atom stereocenters. The smallest absolute Gasteiger partial charge is 0.223 e. The van der Waals surface area contributed by atoms with E-state index in [1.165, 1.54) is 0 Å². The zero-order chi connectivity index (χ0) is 20.2. The predicted octanol–water partition coefficient (Wildman–Crippen LogP) is 4.68.